The maximum atomic E-state index is 13.4. The highest BCUT2D eigenvalue weighted by Gasteiger charge is 2.37. The molecule has 1 fully saturated rings. The fourth-order valence-electron chi connectivity index (χ4n) is 3.69. The number of anilines is 1. The van der Waals surface area contributed by atoms with Gasteiger partial charge < -0.3 is 10.6 Å². The molecule has 0 aliphatic carbocycles. The molecule has 0 saturated carbocycles. The van der Waals surface area contributed by atoms with E-state index >= 15 is 0 Å². The average molecular weight is 419 g/mol. The first-order chi connectivity index (χ1) is 13.6. The van der Waals surface area contributed by atoms with Gasteiger partial charge in [-0.05, 0) is 36.8 Å². The molecule has 0 radical (unpaired) electrons. The molecule has 1 aromatic heterocycles. The molecule has 5 nitrogen and oxygen atoms in total. The van der Waals surface area contributed by atoms with E-state index in [1.807, 2.05) is 58.2 Å². The standard InChI is InChI=1S/C21H30N4OS2/c1-4-27-21(28-5-2)17-12-9-13-24(17)20(26)19-18(22)15(3)25(23-19)14-16-10-7-6-8-11-16/h6-8,10-11,17,21H,4-5,9,12-14,22H2,1-3H3/t17-/m0/s1. The van der Waals surface area contributed by atoms with Crippen LogP contribution in [0.5, 0.6) is 0 Å². The van der Waals surface area contributed by atoms with E-state index in [1.54, 1.807) is 0 Å². The molecule has 7 heteroatoms. The predicted octanol–water partition coefficient (Wildman–Crippen LogP) is 4.26. The summed E-state index contributed by atoms with van der Waals surface area (Å²) in [7, 11) is 0. The number of aromatic nitrogens is 2. The molecule has 3 rings (SSSR count). The first kappa shape index (κ1) is 21.1. The summed E-state index contributed by atoms with van der Waals surface area (Å²) < 4.78 is 2.26. The summed E-state index contributed by atoms with van der Waals surface area (Å²) in [4.78, 5) is 15.4. The van der Waals surface area contributed by atoms with Gasteiger partial charge in [-0.2, -0.15) is 5.10 Å². The molecule has 1 atom stereocenters. The molecule has 2 aromatic rings. The lowest BCUT2D eigenvalue weighted by Gasteiger charge is -2.30. The number of amides is 1. The van der Waals surface area contributed by atoms with Gasteiger partial charge in [-0.25, -0.2) is 0 Å². The lowest BCUT2D eigenvalue weighted by atomic mass is 10.2. The Morgan fingerprint density at radius 1 is 1.25 bits per heavy atom. The molecule has 1 aromatic carbocycles. The smallest absolute Gasteiger partial charge is 0.276 e. The summed E-state index contributed by atoms with van der Waals surface area (Å²) in [5.41, 5.74) is 9.23. The second-order valence-corrected chi connectivity index (χ2v) is 10.1. The van der Waals surface area contributed by atoms with Gasteiger partial charge in [0.2, 0.25) is 0 Å². The lowest BCUT2D eigenvalue weighted by molar-refractivity contribution is 0.0740. The molecule has 1 aliphatic rings. The summed E-state index contributed by atoms with van der Waals surface area (Å²) in [5.74, 6) is 2.10. The lowest BCUT2D eigenvalue weighted by Crippen LogP contribution is -2.41. The van der Waals surface area contributed by atoms with Crippen molar-refractivity contribution in [2.24, 2.45) is 0 Å². The van der Waals surface area contributed by atoms with Crippen LogP contribution in [0.3, 0.4) is 0 Å². The summed E-state index contributed by atoms with van der Waals surface area (Å²) in [6.45, 7) is 7.71. The van der Waals surface area contributed by atoms with E-state index < -0.39 is 0 Å². The molecular weight excluding hydrogens is 388 g/mol. The Morgan fingerprint density at radius 2 is 1.93 bits per heavy atom. The van der Waals surface area contributed by atoms with Crippen LogP contribution in [-0.4, -0.2) is 49.3 Å². The van der Waals surface area contributed by atoms with Crippen molar-refractivity contribution in [1.82, 2.24) is 14.7 Å². The number of rotatable bonds is 8. The second kappa shape index (κ2) is 9.74. The fourth-order valence-corrected chi connectivity index (χ4v) is 6.56. The number of hydrogen-bond acceptors (Lipinski definition) is 5. The SMILES string of the molecule is CCSC(SCC)[C@@H]1CCCN1C(=O)c1nn(Cc2ccccc2)c(C)c1N. The van der Waals surface area contributed by atoms with E-state index in [0.717, 1.165) is 42.1 Å². The van der Waals surface area contributed by atoms with Crippen molar-refractivity contribution in [3.8, 4) is 0 Å². The van der Waals surface area contributed by atoms with Gasteiger partial charge >= 0.3 is 0 Å². The van der Waals surface area contributed by atoms with Gasteiger partial charge in [0.1, 0.15) is 0 Å². The van der Waals surface area contributed by atoms with Gasteiger partial charge in [0.15, 0.2) is 5.69 Å². The molecule has 1 aliphatic heterocycles. The molecular formula is C21H30N4OS2. The van der Waals surface area contributed by atoms with E-state index in [1.165, 1.54) is 0 Å². The second-order valence-electron chi connectivity index (χ2n) is 6.98. The average Bonchev–Trinajstić information content (AvgIpc) is 3.29. The Hall–Kier alpha value is -1.60. The van der Waals surface area contributed by atoms with Gasteiger partial charge in [0.05, 0.1) is 28.5 Å². The summed E-state index contributed by atoms with van der Waals surface area (Å²) in [5, 5.41) is 4.62. The van der Waals surface area contributed by atoms with Crippen LogP contribution in [0.2, 0.25) is 0 Å². The van der Waals surface area contributed by atoms with Crippen molar-refractivity contribution >= 4 is 35.1 Å². The van der Waals surface area contributed by atoms with Crippen LogP contribution < -0.4 is 5.73 Å². The summed E-state index contributed by atoms with van der Waals surface area (Å²) in [6.07, 6.45) is 2.10. The molecule has 2 heterocycles. The van der Waals surface area contributed by atoms with Crippen LogP contribution in [0, 0.1) is 6.92 Å². The zero-order chi connectivity index (χ0) is 20.1. The van der Waals surface area contributed by atoms with Gasteiger partial charge in [0.25, 0.3) is 5.91 Å². The van der Waals surface area contributed by atoms with Crippen LogP contribution in [-0.2, 0) is 6.54 Å². The molecule has 1 amide bonds. The number of nitrogen functional groups attached to an aromatic ring is 1. The van der Waals surface area contributed by atoms with Gasteiger partial charge in [-0.3, -0.25) is 9.48 Å². The van der Waals surface area contributed by atoms with Crippen molar-refractivity contribution < 1.29 is 4.79 Å². The monoisotopic (exact) mass is 418 g/mol. The fraction of sp³-hybridized carbons (Fsp3) is 0.524. The number of nitrogens with zero attached hydrogens (tertiary/aromatic N) is 3. The molecule has 0 spiro atoms. The minimum absolute atomic E-state index is 0.0201. The zero-order valence-corrected chi connectivity index (χ0v) is 18.6. The van der Waals surface area contributed by atoms with Gasteiger partial charge in [-0.15, -0.1) is 23.5 Å². The highest BCUT2D eigenvalue weighted by Crippen LogP contribution is 2.36. The van der Waals surface area contributed by atoms with Crippen LogP contribution in [0.15, 0.2) is 30.3 Å². The van der Waals surface area contributed by atoms with E-state index in [4.69, 9.17) is 5.73 Å². The van der Waals surface area contributed by atoms with Gasteiger partial charge in [-0.1, -0.05) is 44.2 Å². The largest absolute Gasteiger partial charge is 0.395 e. The van der Waals surface area contributed by atoms with Gasteiger partial charge in [0, 0.05) is 6.54 Å². The third-order valence-electron chi connectivity index (χ3n) is 5.17. The predicted molar refractivity (Wildman–Crippen MR) is 121 cm³/mol. The van der Waals surface area contributed by atoms with Crippen LogP contribution in [0.1, 0.15) is 48.4 Å². The third-order valence-corrected chi connectivity index (χ3v) is 7.94. The number of nitrogens with two attached hydrogens (primary N) is 1. The first-order valence-corrected chi connectivity index (χ1v) is 12.1. The number of hydrogen-bond donors (Lipinski definition) is 1. The molecule has 152 valence electrons. The highest BCUT2D eigenvalue weighted by atomic mass is 32.2. The highest BCUT2D eigenvalue weighted by molar-refractivity contribution is 8.17. The van der Waals surface area contributed by atoms with Crippen LogP contribution >= 0.6 is 23.5 Å². The third kappa shape index (κ3) is 4.51. The molecule has 28 heavy (non-hydrogen) atoms. The Bertz CT molecular complexity index is 787. The van der Waals surface area contributed by atoms with E-state index in [2.05, 4.69) is 31.1 Å². The maximum absolute atomic E-state index is 13.4. The zero-order valence-electron chi connectivity index (χ0n) is 16.9. The van der Waals surface area contributed by atoms with Crippen molar-refractivity contribution in [3.05, 3.63) is 47.3 Å². The van der Waals surface area contributed by atoms with Crippen LogP contribution in [0.4, 0.5) is 5.69 Å². The molecule has 2 N–H and O–H groups in total. The minimum Gasteiger partial charge on any atom is -0.395 e. The van der Waals surface area contributed by atoms with Crippen molar-refractivity contribution in [2.45, 2.75) is 50.8 Å². The van der Waals surface area contributed by atoms with E-state index in [9.17, 15) is 4.79 Å². The number of benzene rings is 1. The number of likely N-dealkylation sites (tertiary alicyclic amines) is 1. The van der Waals surface area contributed by atoms with Crippen molar-refractivity contribution in [3.63, 3.8) is 0 Å². The Kier molecular flexibility index (Phi) is 7.35. The number of thioether (sulfide) groups is 2. The maximum Gasteiger partial charge on any atom is 0.276 e. The molecule has 0 bridgehead atoms. The van der Waals surface area contributed by atoms with Crippen LogP contribution in [0.25, 0.3) is 0 Å². The molecule has 1 saturated heterocycles. The quantitative estimate of drug-likeness (QED) is 0.649. The Labute approximate surface area is 176 Å². The van der Waals surface area contributed by atoms with Crippen molar-refractivity contribution in [1.29, 1.82) is 0 Å². The first-order valence-electron chi connectivity index (χ1n) is 9.97. The van der Waals surface area contributed by atoms with Crippen molar-refractivity contribution in [2.75, 3.05) is 23.8 Å². The van der Waals surface area contributed by atoms with E-state index in [0.29, 0.717) is 22.5 Å². The van der Waals surface area contributed by atoms with E-state index in [-0.39, 0.29) is 11.9 Å². The minimum atomic E-state index is -0.0201. The number of carbonyl (C=O) groups is 1. The normalized spacial score (nSPS) is 16.9. The summed E-state index contributed by atoms with van der Waals surface area (Å²) in [6, 6.07) is 10.4. The topological polar surface area (TPSA) is 64.2 Å². The summed E-state index contributed by atoms with van der Waals surface area (Å²) >= 11 is 3.88. The Balaban J connectivity index is 1.82. The Morgan fingerprint density at radius 3 is 2.57 bits per heavy atom. The number of carbonyl (C=O) groups excluding carboxylic acids is 1. The molecule has 0 unspecified atom stereocenters.